The fraction of sp³-hybridized carbons (Fsp3) is 0.370. The van der Waals surface area contributed by atoms with E-state index in [4.69, 9.17) is 4.74 Å². The molecule has 3 rings (SSSR count). The Balaban J connectivity index is 1.98. The Hall–Kier alpha value is -2.65. The molecule has 1 atom stereocenters. The standard InChI is InChI=1S/C27H33NO2/c1-20(2)28(19-21-11-7-6-8-12-21)25(18-26(29)30-27(3,4)5)24-16-15-22-13-9-10-14-23(22)17-24/h6-17,20,25H,18-19H2,1-5H3/t25-/m1/s1. The molecule has 0 bridgehead atoms. The fourth-order valence-electron chi connectivity index (χ4n) is 3.83. The maximum atomic E-state index is 12.8. The highest BCUT2D eigenvalue weighted by molar-refractivity contribution is 5.83. The van der Waals surface area contributed by atoms with Crippen molar-refractivity contribution >= 4 is 16.7 Å². The molecule has 30 heavy (non-hydrogen) atoms. The number of hydrogen-bond acceptors (Lipinski definition) is 3. The van der Waals surface area contributed by atoms with Gasteiger partial charge in [-0.2, -0.15) is 0 Å². The molecule has 0 aliphatic carbocycles. The summed E-state index contributed by atoms with van der Waals surface area (Å²) in [6.07, 6.45) is 0.320. The molecule has 0 heterocycles. The van der Waals surface area contributed by atoms with E-state index >= 15 is 0 Å². The minimum atomic E-state index is -0.493. The number of carbonyl (C=O) groups is 1. The van der Waals surface area contributed by atoms with Gasteiger partial charge in [-0.3, -0.25) is 9.69 Å². The van der Waals surface area contributed by atoms with E-state index in [0.29, 0.717) is 6.42 Å². The number of rotatable bonds is 7. The van der Waals surface area contributed by atoms with E-state index in [0.717, 1.165) is 12.1 Å². The number of fused-ring (bicyclic) bond motifs is 1. The highest BCUT2D eigenvalue weighted by Crippen LogP contribution is 2.31. The van der Waals surface area contributed by atoms with Crippen molar-refractivity contribution in [3.8, 4) is 0 Å². The minimum absolute atomic E-state index is 0.0651. The van der Waals surface area contributed by atoms with Crippen LogP contribution in [0.25, 0.3) is 10.8 Å². The summed E-state index contributed by atoms with van der Waals surface area (Å²) < 4.78 is 5.69. The molecule has 0 amide bonds. The maximum absolute atomic E-state index is 12.8. The Labute approximate surface area is 180 Å². The molecule has 0 saturated heterocycles. The van der Waals surface area contributed by atoms with Gasteiger partial charge < -0.3 is 4.74 Å². The largest absolute Gasteiger partial charge is 0.460 e. The molecule has 0 aliphatic heterocycles. The SMILES string of the molecule is CC(C)N(Cc1ccccc1)[C@H](CC(=O)OC(C)(C)C)c1ccc2ccccc2c1. The van der Waals surface area contributed by atoms with Crippen molar-refractivity contribution < 1.29 is 9.53 Å². The first kappa shape index (κ1) is 22.0. The van der Waals surface area contributed by atoms with Crippen molar-refractivity contribution in [3.05, 3.63) is 83.9 Å². The molecule has 0 fully saturated rings. The molecule has 0 N–H and O–H groups in total. The summed E-state index contributed by atoms with van der Waals surface area (Å²) in [5, 5.41) is 2.39. The van der Waals surface area contributed by atoms with E-state index in [1.165, 1.54) is 16.3 Å². The molecule has 3 nitrogen and oxygen atoms in total. The Bertz CT molecular complexity index is 973. The van der Waals surface area contributed by atoms with Crippen LogP contribution < -0.4 is 0 Å². The number of ether oxygens (including phenoxy) is 1. The fourth-order valence-corrected chi connectivity index (χ4v) is 3.83. The zero-order chi connectivity index (χ0) is 21.7. The van der Waals surface area contributed by atoms with E-state index < -0.39 is 5.60 Å². The Kier molecular flexibility index (Phi) is 6.94. The number of carbonyl (C=O) groups excluding carboxylic acids is 1. The normalized spacial score (nSPS) is 13.0. The van der Waals surface area contributed by atoms with Crippen molar-refractivity contribution in [1.82, 2.24) is 4.90 Å². The highest BCUT2D eigenvalue weighted by Gasteiger charge is 2.28. The van der Waals surface area contributed by atoms with Crippen LogP contribution in [-0.2, 0) is 16.1 Å². The average Bonchev–Trinajstić information content (AvgIpc) is 2.69. The number of esters is 1. The van der Waals surface area contributed by atoms with Gasteiger partial charge >= 0.3 is 5.97 Å². The van der Waals surface area contributed by atoms with Crippen LogP contribution in [0.4, 0.5) is 0 Å². The van der Waals surface area contributed by atoms with E-state index in [2.05, 4.69) is 85.5 Å². The van der Waals surface area contributed by atoms with Crippen molar-refractivity contribution in [2.24, 2.45) is 0 Å². The summed E-state index contributed by atoms with van der Waals surface area (Å²) in [4.78, 5) is 15.2. The molecule has 0 aliphatic rings. The number of benzene rings is 3. The van der Waals surface area contributed by atoms with Gasteiger partial charge in [0.05, 0.1) is 6.42 Å². The van der Waals surface area contributed by atoms with Gasteiger partial charge in [0.25, 0.3) is 0 Å². The van der Waals surface area contributed by atoms with Gasteiger partial charge in [0.15, 0.2) is 0 Å². The summed E-state index contributed by atoms with van der Waals surface area (Å²) in [5.74, 6) is -0.167. The lowest BCUT2D eigenvalue weighted by molar-refractivity contribution is -0.156. The summed E-state index contributed by atoms with van der Waals surface area (Å²) in [6, 6.07) is 25.5. The van der Waals surface area contributed by atoms with Crippen LogP contribution in [0.2, 0.25) is 0 Å². The van der Waals surface area contributed by atoms with Gasteiger partial charge in [-0.15, -0.1) is 0 Å². The second-order valence-corrected chi connectivity index (χ2v) is 9.16. The van der Waals surface area contributed by atoms with Gasteiger partial charge in [0.2, 0.25) is 0 Å². The third-order valence-electron chi connectivity index (χ3n) is 5.21. The Morgan fingerprint density at radius 2 is 1.53 bits per heavy atom. The van der Waals surface area contributed by atoms with Crippen LogP contribution in [0.15, 0.2) is 72.8 Å². The van der Waals surface area contributed by atoms with Crippen molar-refractivity contribution in [3.63, 3.8) is 0 Å². The van der Waals surface area contributed by atoms with Crippen LogP contribution in [0.1, 0.15) is 58.2 Å². The molecule has 0 unspecified atom stereocenters. The van der Waals surface area contributed by atoms with Crippen LogP contribution in [0.3, 0.4) is 0 Å². The lowest BCUT2D eigenvalue weighted by Gasteiger charge is -2.35. The monoisotopic (exact) mass is 403 g/mol. The first-order valence-electron chi connectivity index (χ1n) is 10.7. The molecular weight excluding hydrogens is 370 g/mol. The highest BCUT2D eigenvalue weighted by atomic mass is 16.6. The van der Waals surface area contributed by atoms with Crippen molar-refractivity contribution in [2.75, 3.05) is 0 Å². The molecular formula is C27H33NO2. The average molecular weight is 404 g/mol. The van der Waals surface area contributed by atoms with Crippen LogP contribution in [0, 0.1) is 0 Å². The first-order chi connectivity index (χ1) is 14.2. The van der Waals surface area contributed by atoms with E-state index in [-0.39, 0.29) is 18.1 Å². The van der Waals surface area contributed by atoms with E-state index in [9.17, 15) is 4.79 Å². The zero-order valence-electron chi connectivity index (χ0n) is 18.8. The van der Waals surface area contributed by atoms with Gasteiger partial charge in [-0.05, 0) is 62.6 Å². The second-order valence-electron chi connectivity index (χ2n) is 9.16. The number of nitrogens with zero attached hydrogens (tertiary/aromatic N) is 1. The molecule has 3 heteroatoms. The predicted octanol–water partition coefficient (Wildman–Crippen LogP) is 6.52. The van der Waals surface area contributed by atoms with Crippen LogP contribution in [0.5, 0.6) is 0 Å². The van der Waals surface area contributed by atoms with Crippen LogP contribution >= 0.6 is 0 Å². The van der Waals surface area contributed by atoms with Crippen LogP contribution in [-0.4, -0.2) is 22.5 Å². The third-order valence-corrected chi connectivity index (χ3v) is 5.21. The van der Waals surface area contributed by atoms with Gasteiger partial charge in [0.1, 0.15) is 5.60 Å². The molecule has 158 valence electrons. The minimum Gasteiger partial charge on any atom is -0.460 e. The first-order valence-corrected chi connectivity index (χ1v) is 10.7. The lowest BCUT2D eigenvalue weighted by Crippen LogP contribution is -2.37. The van der Waals surface area contributed by atoms with E-state index in [1.807, 2.05) is 26.8 Å². The topological polar surface area (TPSA) is 29.5 Å². The Morgan fingerprint density at radius 1 is 0.900 bits per heavy atom. The van der Waals surface area contributed by atoms with Gasteiger partial charge in [-0.25, -0.2) is 0 Å². The molecule has 0 saturated carbocycles. The summed E-state index contributed by atoms with van der Waals surface area (Å²) >= 11 is 0. The van der Waals surface area contributed by atoms with E-state index in [1.54, 1.807) is 0 Å². The molecule has 3 aromatic rings. The predicted molar refractivity (Wildman–Crippen MR) is 124 cm³/mol. The lowest BCUT2D eigenvalue weighted by atomic mass is 9.96. The molecule has 0 aromatic heterocycles. The maximum Gasteiger partial charge on any atom is 0.308 e. The third kappa shape index (κ3) is 5.93. The summed E-state index contributed by atoms with van der Waals surface area (Å²) in [6.45, 7) is 10.9. The second kappa shape index (κ2) is 9.44. The molecule has 0 spiro atoms. The summed E-state index contributed by atoms with van der Waals surface area (Å²) in [5.41, 5.74) is 1.89. The van der Waals surface area contributed by atoms with Crippen molar-refractivity contribution in [2.45, 2.75) is 65.3 Å². The summed E-state index contributed by atoms with van der Waals surface area (Å²) in [7, 11) is 0. The van der Waals surface area contributed by atoms with Gasteiger partial charge in [0, 0.05) is 18.6 Å². The Morgan fingerprint density at radius 3 is 2.17 bits per heavy atom. The molecule has 3 aromatic carbocycles. The smallest absolute Gasteiger partial charge is 0.308 e. The number of hydrogen-bond donors (Lipinski definition) is 0. The van der Waals surface area contributed by atoms with Gasteiger partial charge in [-0.1, -0.05) is 66.7 Å². The quantitative estimate of drug-likeness (QED) is 0.420. The molecule has 0 radical (unpaired) electrons. The van der Waals surface area contributed by atoms with Crippen molar-refractivity contribution in [1.29, 1.82) is 0 Å². The zero-order valence-corrected chi connectivity index (χ0v) is 18.8.